The maximum absolute atomic E-state index is 2.56. The van der Waals surface area contributed by atoms with Crippen molar-refractivity contribution in [2.75, 3.05) is 4.90 Å². The first kappa shape index (κ1) is 45.7. The van der Waals surface area contributed by atoms with E-state index in [0.29, 0.717) is 0 Å². The van der Waals surface area contributed by atoms with Crippen LogP contribution in [0.15, 0.2) is 303 Å². The van der Waals surface area contributed by atoms with E-state index in [0.717, 1.165) is 29.2 Å². The third-order valence-corrected chi connectivity index (χ3v) is 18.1. The van der Waals surface area contributed by atoms with Gasteiger partial charge in [-0.25, -0.2) is 0 Å². The van der Waals surface area contributed by atoms with Gasteiger partial charge in [0.25, 0.3) is 0 Å². The number of fused-ring (bicyclic) bond motifs is 15. The van der Waals surface area contributed by atoms with Crippen molar-refractivity contribution < 1.29 is 0 Å². The average Bonchev–Trinajstić information content (AvgIpc) is 2.38. The molecule has 378 valence electrons. The molecule has 14 aromatic rings. The van der Waals surface area contributed by atoms with Crippen LogP contribution in [0, 0.1) is 0 Å². The van der Waals surface area contributed by atoms with Gasteiger partial charge in [0, 0.05) is 39.4 Å². The summed E-state index contributed by atoms with van der Waals surface area (Å²) in [6, 6.07) is 107. The summed E-state index contributed by atoms with van der Waals surface area (Å²) in [6.07, 6.45) is 5.90. The normalized spacial score (nSPS) is 14.7. The van der Waals surface area contributed by atoms with Gasteiger partial charge in [0.1, 0.15) is 0 Å². The molecular weight excluding hydrogens is 977 g/mol. The second kappa shape index (κ2) is 17.9. The van der Waals surface area contributed by atoms with Crippen LogP contribution in [-0.2, 0) is 5.41 Å². The van der Waals surface area contributed by atoms with E-state index in [4.69, 9.17) is 0 Å². The van der Waals surface area contributed by atoms with Gasteiger partial charge >= 0.3 is 0 Å². The smallest absolute Gasteiger partial charge is 0.0689 e. The summed E-state index contributed by atoms with van der Waals surface area (Å²) in [4.78, 5) is 2.50. The second-order valence-electron chi connectivity index (χ2n) is 22.2. The highest BCUT2D eigenvalue weighted by molar-refractivity contribution is 6.16. The Hall–Kier alpha value is -10.3. The van der Waals surface area contributed by atoms with E-state index in [9.17, 15) is 0 Å². The summed E-state index contributed by atoms with van der Waals surface area (Å²) in [6.45, 7) is 0. The SMILES string of the molecule is C1=CC(c2c3ccccc3c(-c3ccccc3)c3ccccc23)CC2=C1c1ccc(N(c3ccc(-c4ccc5ccccc5c4)cc3)c3ccc4c(c3)c3ccccc3n4-c3ccccc3)cc1C21c2ccccc2-c2ccccc21. The Morgan fingerprint density at radius 1 is 0.358 bits per heavy atom. The third-order valence-electron chi connectivity index (χ3n) is 18.1. The molecule has 0 radical (unpaired) electrons. The van der Waals surface area contributed by atoms with E-state index in [2.05, 4.69) is 307 Å². The van der Waals surface area contributed by atoms with Crippen molar-refractivity contribution >= 4 is 76.8 Å². The summed E-state index contributed by atoms with van der Waals surface area (Å²) in [5, 5.41) is 10.2. The molecule has 1 unspecified atom stereocenters. The Kier molecular flexibility index (Phi) is 10.1. The van der Waals surface area contributed by atoms with Gasteiger partial charge in [-0.2, -0.15) is 0 Å². The minimum Gasteiger partial charge on any atom is -0.310 e. The number of hydrogen-bond donors (Lipinski definition) is 0. The molecule has 1 aromatic heterocycles. The van der Waals surface area contributed by atoms with Gasteiger partial charge in [-0.15, -0.1) is 0 Å². The average molecular weight is 1030 g/mol. The highest BCUT2D eigenvalue weighted by Crippen LogP contribution is 2.65. The van der Waals surface area contributed by atoms with Crippen LogP contribution in [0.2, 0.25) is 0 Å². The predicted molar refractivity (Wildman–Crippen MR) is 340 cm³/mol. The van der Waals surface area contributed by atoms with Crippen LogP contribution >= 0.6 is 0 Å². The zero-order chi connectivity index (χ0) is 53.2. The number of aromatic nitrogens is 1. The standard InChI is InChI=1S/C79H52N2/c1-3-20-53(21-4-1)77-66-28-9-11-30-68(66)78(69-31-12-10-29-67(69)77)56-39-44-63-64-45-42-60(50-74(64)79(73(63)48-56)71-32-16-13-25-61(71)62-26-14-17-33-72(62)79)80(58-40-37-52(38-41-58)55-36-35-51-19-7-8-22-54(51)47-55)59-43-46-76-70(49-59)65-27-15-18-34-75(65)81(76)57-23-5-2-6-24-57/h1-47,49-50,56H,48H2. The fourth-order valence-corrected chi connectivity index (χ4v) is 14.8. The molecule has 1 heterocycles. The van der Waals surface area contributed by atoms with Crippen molar-refractivity contribution in [1.82, 2.24) is 4.57 Å². The molecule has 0 fully saturated rings. The molecule has 17 rings (SSSR count). The Labute approximate surface area is 471 Å². The van der Waals surface area contributed by atoms with Crippen LogP contribution in [0.4, 0.5) is 17.1 Å². The van der Waals surface area contributed by atoms with Crippen LogP contribution in [0.25, 0.3) is 98.8 Å². The monoisotopic (exact) mass is 1030 g/mol. The van der Waals surface area contributed by atoms with Crippen LogP contribution in [-0.4, -0.2) is 4.57 Å². The molecule has 0 bridgehead atoms. The first-order chi connectivity index (χ1) is 40.2. The highest BCUT2D eigenvalue weighted by atomic mass is 15.1. The third kappa shape index (κ3) is 6.75. The van der Waals surface area contributed by atoms with Crippen molar-refractivity contribution in [3.8, 4) is 39.1 Å². The number of hydrogen-bond acceptors (Lipinski definition) is 1. The molecule has 0 aliphatic heterocycles. The van der Waals surface area contributed by atoms with Gasteiger partial charge in [-0.3, -0.25) is 0 Å². The lowest BCUT2D eigenvalue weighted by atomic mass is 9.66. The molecule has 0 amide bonds. The molecule has 1 spiro atoms. The van der Waals surface area contributed by atoms with E-state index < -0.39 is 5.41 Å². The van der Waals surface area contributed by atoms with Gasteiger partial charge in [0.2, 0.25) is 0 Å². The van der Waals surface area contributed by atoms with Crippen molar-refractivity contribution in [3.63, 3.8) is 0 Å². The van der Waals surface area contributed by atoms with Crippen LogP contribution in [0.3, 0.4) is 0 Å². The van der Waals surface area contributed by atoms with E-state index in [-0.39, 0.29) is 5.92 Å². The molecule has 13 aromatic carbocycles. The first-order valence-electron chi connectivity index (χ1n) is 28.4. The molecule has 2 nitrogen and oxygen atoms in total. The van der Waals surface area contributed by atoms with E-state index in [1.807, 2.05) is 0 Å². The summed E-state index contributed by atoms with van der Waals surface area (Å²) < 4.78 is 2.41. The molecule has 3 aliphatic rings. The fraction of sp³-hybridized carbons (Fsp3) is 0.0380. The summed E-state index contributed by atoms with van der Waals surface area (Å²) in [5.41, 5.74) is 23.4. The van der Waals surface area contributed by atoms with Crippen molar-refractivity contribution in [1.29, 1.82) is 0 Å². The van der Waals surface area contributed by atoms with Crippen LogP contribution in [0.1, 0.15) is 40.2 Å². The van der Waals surface area contributed by atoms with Crippen LogP contribution in [0.5, 0.6) is 0 Å². The Morgan fingerprint density at radius 3 is 1.64 bits per heavy atom. The summed E-state index contributed by atoms with van der Waals surface area (Å²) >= 11 is 0. The predicted octanol–water partition coefficient (Wildman–Crippen LogP) is 20.9. The minimum absolute atomic E-state index is 0.122. The minimum atomic E-state index is -0.537. The molecule has 81 heavy (non-hydrogen) atoms. The second-order valence-corrected chi connectivity index (χ2v) is 22.2. The lowest BCUT2D eigenvalue weighted by molar-refractivity contribution is 0.683. The molecular formula is C79H52N2. The zero-order valence-corrected chi connectivity index (χ0v) is 44.5. The van der Waals surface area contributed by atoms with Gasteiger partial charge in [0.05, 0.1) is 16.4 Å². The molecule has 0 N–H and O–H groups in total. The van der Waals surface area contributed by atoms with E-state index >= 15 is 0 Å². The number of allylic oxidation sites excluding steroid dienone is 4. The lowest BCUT2D eigenvalue weighted by Gasteiger charge is -2.36. The molecule has 2 heteroatoms. The molecule has 0 saturated heterocycles. The summed E-state index contributed by atoms with van der Waals surface area (Å²) in [5.74, 6) is 0.122. The lowest BCUT2D eigenvalue weighted by Crippen LogP contribution is -2.29. The zero-order valence-electron chi connectivity index (χ0n) is 44.5. The van der Waals surface area contributed by atoms with E-state index in [1.54, 1.807) is 0 Å². The highest BCUT2D eigenvalue weighted by Gasteiger charge is 2.53. The Balaban J connectivity index is 0.872. The Morgan fingerprint density at radius 2 is 0.914 bits per heavy atom. The maximum atomic E-state index is 2.56. The van der Waals surface area contributed by atoms with Crippen molar-refractivity contribution in [2.24, 2.45) is 0 Å². The first-order valence-corrected chi connectivity index (χ1v) is 28.4. The number of benzene rings is 13. The number of rotatable bonds is 7. The van der Waals surface area contributed by atoms with Gasteiger partial charge in [-0.05, 0) is 178 Å². The topological polar surface area (TPSA) is 8.17 Å². The largest absolute Gasteiger partial charge is 0.310 e. The van der Waals surface area contributed by atoms with Crippen molar-refractivity contribution in [2.45, 2.75) is 17.8 Å². The Bertz CT molecular complexity index is 4860. The number of para-hydroxylation sites is 2. The van der Waals surface area contributed by atoms with E-state index in [1.165, 1.54) is 126 Å². The number of anilines is 3. The van der Waals surface area contributed by atoms with Crippen LogP contribution < -0.4 is 4.90 Å². The molecule has 0 saturated carbocycles. The van der Waals surface area contributed by atoms with Crippen molar-refractivity contribution in [3.05, 3.63) is 331 Å². The summed E-state index contributed by atoms with van der Waals surface area (Å²) in [7, 11) is 0. The molecule has 1 atom stereocenters. The fourth-order valence-electron chi connectivity index (χ4n) is 14.8. The van der Waals surface area contributed by atoms with Gasteiger partial charge < -0.3 is 9.47 Å². The molecule has 3 aliphatic carbocycles. The van der Waals surface area contributed by atoms with Gasteiger partial charge in [-0.1, -0.05) is 231 Å². The number of nitrogens with zero attached hydrogens (tertiary/aromatic N) is 2. The maximum Gasteiger partial charge on any atom is 0.0689 e. The van der Waals surface area contributed by atoms with Gasteiger partial charge in [0.15, 0.2) is 0 Å². The quantitative estimate of drug-likeness (QED) is 0.144.